The molecule has 5 nitrogen and oxygen atoms in total. The van der Waals surface area contributed by atoms with E-state index in [1.807, 2.05) is 0 Å². The Morgan fingerprint density at radius 2 is 2.50 bits per heavy atom. The minimum absolute atomic E-state index is 0.0865. The minimum atomic E-state index is -0.238. The van der Waals surface area contributed by atoms with Crippen molar-refractivity contribution in [3.05, 3.63) is 29.6 Å². The monoisotopic (exact) mass is 274 g/mol. The summed E-state index contributed by atoms with van der Waals surface area (Å²) in [7, 11) is 1.66. The molecule has 1 N–H and O–H groups in total. The van der Waals surface area contributed by atoms with E-state index >= 15 is 0 Å². The Kier molecular flexibility index (Phi) is 5.10. The van der Waals surface area contributed by atoms with Crippen LogP contribution in [0.2, 0.25) is 0 Å². The molecule has 1 saturated heterocycles. The number of pyridine rings is 1. The van der Waals surface area contributed by atoms with Gasteiger partial charge in [-0.2, -0.15) is 0 Å². The maximum Gasteiger partial charge on any atom is 0.273 e. The van der Waals surface area contributed by atoms with Gasteiger partial charge in [0.15, 0.2) is 0 Å². The van der Waals surface area contributed by atoms with Crippen molar-refractivity contribution in [3.63, 3.8) is 0 Å². The summed E-state index contributed by atoms with van der Waals surface area (Å²) < 4.78 is 5.33. The van der Waals surface area contributed by atoms with E-state index in [0.29, 0.717) is 24.3 Å². The van der Waals surface area contributed by atoms with Gasteiger partial charge in [-0.25, -0.2) is 4.98 Å². The number of amides is 1. The smallest absolute Gasteiger partial charge is 0.273 e. The van der Waals surface area contributed by atoms with Crippen LogP contribution in [-0.2, 0) is 4.74 Å². The first kappa shape index (κ1) is 14.5. The van der Waals surface area contributed by atoms with Gasteiger partial charge in [0.1, 0.15) is 12.3 Å². The molecule has 2 rings (SSSR count). The quantitative estimate of drug-likeness (QED) is 0.805. The van der Waals surface area contributed by atoms with E-state index in [1.165, 1.54) is 0 Å². The highest BCUT2D eigenvalue weighted by Crippen LogP contribution is 2.16. The van der Waals surface area contributed by atoms with E-state index in [4.69, 9.17) is 9.84 Å². The lowest BCUT2D eigenvalue weighted by Crippen LogP contribution is -2.43. The van der Waals surface area contributed by atoms with Gasteiger partial charge in [0.2, 0.25) is 0 Å². The summed E-state index contributed by atoms with van der Waals surface area (Å²) in [4.78, 5) is 18.4. The van der Waals surface area contributed by atoms with Gasteiger partial charge < -0.3 is 14.7 Å². The second-order valence-corrected chi connectivity index (χ2v) is 4.61. The van der Waals surface area contributed by atoms with Gasteiger partial charge in [0, 0.05) is 26.4 Å². The van der Waals surface area contributed by atoms with Crippen molar-refractivity contribution in [1.29, 1.82) is 0 Å². The van der Waals surface area contributed by atoms with Gasteiger partial charge in [-0.15, -0.1) is 0 Å². The summed E-state index contributed by atoms with van der Waals surface area (Å²) in [6.45, 7) is 1.05. The van der Waals surface area contributed by atoms with Crippen molar-refractivity contribution in [2.75, 3.05) is 26.8 Å². The van der Waals surface area contributed by atoms with Crippen LogP contribution in [0.4, 0.5) is 0 Å². The number of nitrogens with zero attached hydrogens (tertiary/aromatic N) is 2. The Bertz CT molecular complexity index is 533. The standard InChI is InChI=1S/C15H18N2O3/c1-20-13-7-3-9-17(11-13)15(19)14-12(6-4-10-18)5-2-8-16-14/h2,5,8,13,18H,3,7,9-11H2,1H3. The van der Waals surface area contributed by atoms with Gasteiger partial charge in [-0.05, 0) is 25.0 Å². The van der Waals surface area contributed by atoms with Crippen molar-refractivity contribution >= 4 is 5.91 Å². The third-order valence-electron chi connectivity index (χ3n) is 3.31. The summed E-state index contributed by atoms with van der Waals surface area (Å²) in [5.74, 6) is 5.19. The molecule has 1 fully saturated rings. The van der Waals surface area contributed by atoms with Crippen molar-refractivity contribution in [2.24, 2.45) is 0 Å². The number of rotatable bonds is 2. The molecule has 2 heterocycles. The molecule has 106 valence electrons. The lowest BCUT2D eigenvalue weighted by molar-refractivity contribution is 0.0265. The molecular formula is C15H18N2O3. The van der Waals surface area contributed by atoms with Crippen LogP contribution in [0, 0.1) is 11.8 Å². The van der Waals surface area contributed by atoms with Crippen LogP contribution in [0.3, 0.4) is 0 Å². The molecule has 0 bridgehead atoms. The number of aliphatic hydroxyl groups is 1. The van der Waals surface area contributed by atoms with Crippen molar-refractivity contribution in [3.8, 4) is 11.8 Å². The number of piperidine rings is 1. The first-order chi connectivity index (χ1) is 9.76. The zero-order valence-electron chi connectivity index (χ0n) is 11.5. The molecule has 0 aliphatic carbocycles. The maximum absolute atomic E-state index is 12.5. The maximum atomic E-state index is 12.5. The molecule has 5 heteroatoms. The summed E-state index contributed by atoms with van der Waals surface area (Å²) in [6.07, 6.45) is 3.56. The zero-order valence-corrected chi connectivity index (χ0v) is 11.5. The zero-order chi connectivity index (χ0) is 14.4. The number of likely N-dealkylation sites (tertiary alicyclic amines) is 1. The number of ether oxygens (including phenoxy) is 1. The van der Waals surface area contributed by atoms with Crippen LogP contribution in [-0.4, -0.2) is 53.8 Å². The molecule has 0 radical (unpaired) electrons. The van der Waals surface area contributed by atoms with Crippen LogP contribution in [0.25, 0.3) is 0 Å². The predicted molar refractivity (Wildman–Crippen MR) is 74.1 cm³/mol. The Hall–Kier alpha value is -1.90. The highest BCUT2D eigenvalue weighted by molar-refractivity contribution is 5.94. The van der Waals surface area contributed by atoms with E-state index < -0.39 is 0 Å². The molecule has 1 unspecified atom stereocenters. The molecule has 1 atom stereocenters. The van der Waals surface area contributed by atoms with Crippen LogP contribution in [0.5, 0.6) is 0 Å². The predicted octanol–water partition coefficient (Wildman–Crippen LogP) is 0.676. The normalized spacial score (nSPS) is 18.3. The third kappa shape index (κ3) is 3.35. The first-order valence-electron chi connectivity index (χ1n) is 6.63. The van der Waals surface area contributed by atoms with Crippen molar-refractivity contribution in [1.82, 2.24) is 9.88 Å². The van der Waals surface area contributed by atoms with Crippen molar-refractivity contribution < 1.29 is 14.6 Å². The topological polar surface area (TPSA) is 62.7 Å². The summed E-state index contributed by atoms with van der Waals surface area (Å²) in [5, 5.41) is 8.77. The molecule has 0 spiro atoms. The molecule has 20 heavy (non-hydrogen) atoms. The largest absolute Gasteiger partial charge is 0.384 e. The van der Waals surface area contributed by atoms with E-state index in [9.17, 15) is 4.79 Å². The van der Waals surface area contributed by atoms with Crippen LogP contribution in [0.15, 0.2) is 18.3 Å². The molecule has 1 aromatic heterocycles. The SMILES string of the molecule is COC1CCCN(C(=O)c2ncccc2C#CCO)C1. The van der Waals surface area contributed by atoms with Gasteiger partial charge in [0.25, 0.3) is 5.91 Å². The number of aliphatic hydroxyl groups excluding tert-OH is 1. The van der Waals surface area contributed by atoms with E-state index in [2.05, 4.69) is 16.8 Å². The van der Waals surface area contributed by atoms with Crippen molar-refractivity contribution in [2.45, 2.75) is 18.9 Å². The Morgan fingerprint density at radius 3 is 3.25 bits per heavy atom. The average Bonchev–Trinajstić information content (AvgIpc) is 2.52. The molecule has 1 aliphatic heterocycles. The fourth-order valence-electron chi connectivity index (χ4n) is 2.28. The van der Waals surface area contributed by atoms with Gasteiger partial charge in [-0.1, -0.05) is 11.8 Å². The fourth-order valence-corrected chi connectivity index (χ4v) is 2.28. The van der Waals surface area contributed by atoms with Crippen LogP contribution >= 0.6 is 0 Å². The Morgan fingerprint density at radius 1 is 1.65 bits per heavy atom. The first-order valence-corrected chi connectivity index (χ1v) is 6.63. The molecular weight excluding hydrogens is 256 g/mol. The number of hydrogen-bond donors (Lipinski definition) is 1. The molecule has 1 aromatic rings. The molecule has 1 amide bonds. The number of carbonyl (C=O) groups excluding carboxylic acids is 1. The molecule has 1 aliphatic rings. The average molecular weight is 274 g/mol. The highest BCUT2D eigenvalue weighted by atomic mass is 16.5. The minimum Gasteiger partial charge on any atom is -0.384 e. The van der Waals surface area contributed by atoms with Crippen LogP contribution in [0.1, 0.15) is 28.9 Å². The molecule has 0 saturated carbocycles. The van der Waals surface area contributed by atoms with E-state index in [0.717, 1.165) is 12.8 Å². The lowest BCUT2D eigenvalue weighted by Gasteiger charge is -2.31. The van der Waals surface area contributed by atoms with E-state index in [-0.39, 0.29) is 18.6 Å². The summed E-state index contributed by atoms with van der Waals surface area (Å²) in [6, 6.07) is 3.47. The fraction of sp³-hybridized carbons (Fsp3) is 0.467. The summed E-state index contributed by atoms with van der Waals surface area (Å²) >= 11 is 0. The number of aromatic nitrogens is 1. The third-order valence-corrected chi connectivity index (χ3v) is 3.31. The van der Waals surface area contributed by atoms with Gasteiger partial charge in [0.05, 0.1) is 11.7 Å². The second-order valence-electron chi connectivity index (χ2n) is 4.61. The highest BCUT2D eigenvalue weighted by Gasteiger charge is 2.26. The van der Waals surface area contributed by atoms with Gasteiger partial charge in [-0.3, -0.25) is 4.79 Å². The lowest BCUT2D eigenvalue weighted by atomic mass is 10.1. The second kappa shape index (κ2) is 7.04. The summed E-state index contributed by atoms with van der Waals surface area (Å²) in [5.41, 5.74) is 0.885. The van der Waals surface area contributed by atoms with Gasteiger partial charge >= 0.3 is 0 Å². The van der Waals surface area contributed by atoms with Crippen LogP contribution < -0.4 is 0 Å². The van der Waals surface area contributed by atoms with E-state index in [1.54, 1.807) is 30.3 Å². The Labute approximate surface area is 118 Å². The number of hydrogen-bond acceptors (Lipinski definition) is 4. The molecule has 0 aromatic carbocycles. The Balaban J connectivity index is 2.20. The number of methoxy groups -OCH3 is 1. The number of carbonyl (C=O) groups is 1.